The van der Waals surface area contributed by atoms with Gasteiger partial charge in [-0.1, -0.05) is 0 Å². The second-order valence-electron chi connectivity index (χ2n) is 6.41. The van der Waals surface area contributed by atoms with E-state index in [2.05, 4.69) is 0 Å². The van der Waals surface area contributed by atoms with E-state index < -0.39 is 98.0 Å². The first kappa shape index (κ1) is 28.7. The lowest BCUT2D eigenvalue weighted by Gasteiger charge is -2.18. The first-order valence-corrected chi connectivity index (χ1v) is 9.00. The van der Waals surface area contributed by atoms with Gasteiger partial charge in [0.15, 0.2) is 0 Å². The summed E-state index contributed by atoms with van der Waals surface area (Å²) < 4.78 is 0. The summed E-state index contributed by atoms with van der Waals surface area (Å²) in [6.45, 7) is -1.64. The van der Waals surface area contributed by atoms with E-state index in [9.17, 15) is 38.4 Å². The molecular formula is C16H23N5O12. The summed E-state index contributed by atoms with van der Waals surface area (Å²) in [7, 11) is 0. The molecule has 0 rings (SSSR count). The lowest BCUT2D eigenvalue weighted by atomic mass is 10.2. The highest BCUT2D eigenvalue weighted by atomic mass is 16.4. The molecule has 4 amide bonds. The molecule has 184 valence electrons. The second-order valence-corrected chi connectivity index (χ2v) is 6.41. The van der Waals surface area contributed by atoms with E-state index in [1.807, 2.05) is 21.3 Å². The molecule has 0 aromatic rings. The lowest BCUT2D eigenvalue weighted by molar-refractivity contribution is -0.147. The second kappa shape index (κ2) is 13.9. The molecule has 0 saturated carbocycles. The highest BCUT2D eigenvalue weighted by Crippen LogP contribution is 1.95. The van der Waals surface area contributed by atoms with Gasteiger partial charge in [-0.05, 0) is 0 Å². The Kier molecular flexibility index (Phi) is 12.1. The molecule has 0 aromatic carbocycles. The highest BCUT2D eigenvalue weighted by molar-refractivity contribution is 5.95. The molecule has 0 aliphatic heterocycles. The number of carbonyl (C=O) groups excluding carboxylic acids is 4. The molecule has 0 saturated heterocycles. The van der Waals surface area contributed by atoms with Crippen LogP contribution < -0.4 is 27.0 Å². The smallest absolute Gasteiger partial charge is 0.326 e. The zero-order valence-electron chi connectivity index (χ0n) is 16.9. The Hall–Kier alpha value is -4.28. The van der Waals surface area contributed by atoms with E-state index in [1.165, 1.54) is 0 Å². The highest BCUT2D eigenvalue weighted by Gasteiger charge is 2.26. The van der Waals surface area contributed by atoms with Gasteiger partial charge in [-0.15, -0.1) is 0 Å². The summed E-state index contributed by atoms with van der Waals surface area (Å²) in [4.78, 5) is 90.3. The third-order valence-corrected chi connectivity index (χ3v) is 3.62. The molecular weight excluding hydrogens is 454 g/mol. The Balaban J connectivity index is 4.83. The molecule has 0 aliphatic rings. The van der Waals surface area contributed by atoms with Gasteiger partial charge in [0.05, 0.1) is 38.4 Å². The minimum absolute atomic E-state index is 0.714. The van der Waals surface area contributed by atoms with Crippen molar-refractivity contribution in [3.8, 4) is 0 Å². The van der Waals surface area contributed by atoms with Gasteiger partial charge in [-0.2, -0.15) is 0 Å². The standard InChI is InChI=1S/C16H23N5O12/c17-6(1-11(24)25)14(30)18-4-9(22)20-7(2-12(26)27)15(31)19-5-10(23)21-8(16(32)33)3-13(28)29/h6-8H,1-5,17H2,(H,18,30)(H,19,31)(H,20,22)(H,21,23)(H,24,25)(H,26,27)(H,28,29)(H,32,33)/t6-,7-,8-/m0/s1. The maximum atomic E-state index is 12.1. The molecule has 0 aromatic heterocycles. The molecule has 3 atom stereocenters. The number of carboxylic acid groups (broad SMARTS) is 4. The number of rotatable bonds is 15. The van der Waals surface area contributed by atoms with Crippen molar-refractivity contribution in [2.24, 2.45) is 5.73 Å². The molecule has 17 heteroatoms. The third kappa shape index (κ3) is 12.9. The van der Waals surface area contributed by atoms with Gasteiger partial charge >= 0.3 is 23.9 Å². The lowest BCUT2D eigenvalue weighted by Crippen LogP contribution is -2.53. The fourth-order valence-corrected chi connectivity index (χ4v) is 2.12. The van der Waals surface area contributed by atoms with E-state index in [0.29, 0.717) is 0 Å². The van der Waals surface area contributed by atoms with Crippen LogP contribution in [0, 0.1) is 0 Å². The van der Waals surface area contributed by atoms with Crippen LogP contribution in [0.1, 0.15) is 19.3 Å². The van der Waals surface area contributed by atoms with Crippen molar-refractivity contribution in [1.82, 2.24) is 21.3 Å². The van der Waals surface area contributed by atoms with Crippen LogP contribution in [0.4, 0.5) is 0 Å². The van der Waals surface area contributed by atoms with Crippen LogP contribution in [0.3, 0.4) is 0 Å². The predicted molar refractivity (Wildman–Crippen MR) is 102 cm³/mol. The summed E-state index contributed by atoms with van der Waals surface area (Å²) in [6.07, 6.45) is -2.58. The summed E-state index contributed by atoms with van der Waals surface area (Å²) in [5.74, 6) is -10.3. The van der Waals surface area contributed by atoms with Gasteiger partial charge in [0.2, 0.25) is 23.6 Å². The maximum absolute atomic E-state index is 12.1. The van der Waals surface area contributed by atoms with E-state index in [-0.39, 0.29) is 0 Å². The van der Waals surface area contributed by atoms with Crippen molar-refractivity contribution in [1.29, 1.82) is 0 Å². The Bertz CT molecular complexity index is 814. The Morgan fingerprint density at radius 3 is 1.42 bits per heavy atom. The molecule has 17 nitrogen and oxygen atoms in total. The number of amides is 4. The van der Waals surface area contributed by atoms with Crippen LogP contribution in [-0.2, 0) is 38.4 Å². The van der Waals surface area contributed by atoms with Crippen molar-refractivity contribution in [3.63, 3.8) is 0 Å². The molecule has 0 aliphatic carbocycles. The average Bonchev–Trinajstić information content (AvgIpc) is 2.67. The molecule has 10 N–H and O–H groups in total. The fraction of sp³-hybridized carbons (Fsp3) is 0.500. The topological polar surface area (TPSA) is 292 Å². The number of hydrogen-bond donors (Lipinski definition) is 9. The van der Waals surface area contributed by atoms with Gasteiger partial charge in [0, 0.05) is 0 Å². The van der Waals surface area contributed by atoms with Crippen LogP contribution in [-0.4, -0.2) is 99.1 Å². The predicted octanol–water partition coefficient (Wildman–Crippen LogP) is -4.98. The Morgan fingerprint density at radius 2 is 1.00 bits per heavy atom. The number of nitrogens with one attached hydrogen (secondary N) is 4. The van der Waals surface area contributed by atoms with E-state index >= 15 is 0 Å². The molecule has 0 radical (unpaired) electrons. The quantitative estimate of drug-likeness (QED) is 0.107. The number of nitrogens with two attached hydrogens (primary N) is 1. The Labute approximate surface area is 184 Å². The van der Waals surface area contributed by atoms with Gasteiger partial charge in [-0.3, -0.25) is 33.6 Å². The van der Waals surface area contributed by atoms with Crippen molar-refractivity contribution in [3.05, 3.63) is 0 Å². The molecule has 0 heterocycles. The molecule has 0 fully saturated rings. The maximum Gasteiger partial charge on any atom is 0.326 e. The fourth-order valence-electron chi connectivity index (χ4n) is 2.12. The SMILES string of the molecule is N[C@@H](CC(=O)O)C(=O)NCC(=O)N[C@@H](CC(=O)O)C(=O)NCC(=O)N[C@@H](CC(=O)O)C(=O)O. The number of carboxylic acids is 4. The minimum Gasteiger partial charge on any atom is -0.481 e. The minimum atomic E-state index is -1.78. The summed E-state index contributed by atoms with van der Waals surface area (Å²) in [6, 6.07) is -4.94. The van der Waals surface area contributed by atoms with Crippen LogP contribution in [0.15, 0.2) is 0 Å². The van der Waals surface area contributed by atoms with Crippen molar-refractivity contribution in [2.45, 2.75) is 37.4 Å². The zero-order chi connectivity index (χ0) is 25.7. The molecule has 33 heavy (non-hydrogen) atoms. The summed E-state index contributed by atoms with van der Waals surface area (Å²) in [5, 5.41) is 42.7. The largest absolute Gasteiger partial charge is 0.481 e. The van der Waals surface area contributed by atoms with Gasteiger partial charge in [0.1, 0.15) is 12.1 Å². The summed E-state index contributed by atoms with van der Waals surface area (Å²) in [5.41, 5.74) is 5.29. The summed E-state index contributed by atoms with van der Waals surface area (Å²) >= 11 is 0. The number of aliphatic carboxylic acids is 4. The van der Waals surface area contributed by atoms with Crippen molar-refractivity contribution in [2.75, 3.05) is 13.1 Å². The average molecular weight is 477 g/mol. The van der Waals surface area contributed by atoms with Crippen molar-refractivity contribution < 1.29 is 58.8 Å². The van der Waals surface area contributed by atoms with Gasteiger partial charge < -0.3 is 47.4 Å². The first-order chi connectivity index (χ1) is 15.2. The van der Waals surface area contributed by atoms with Crippen LogP contribution in [0.2, 0.25) is 0 Å². The monoisotopic (exact) mass is 477 g/mol. The van der Waals surface area contributed by atoms with E-state index in [0.717, 1.165) is 0 Å². The van der Waals surface area contributed by atoms with Crippen LogP contribution >= 0.6 is 0 Å². The molecule has 0 bridgehead atoms. The van der Waals surface area contributed by atoms with Gasteiger partial charge in [-0.25, -0.2) is 4.79 Å². The normalized spacial score (nSPS) is 12.9. The van der Waals surface area contributed by atoms with Gasteiger partial charge in [0.25, 0.3) is 0 Å². The molecule has 0 spiro atoms. The first-order valence-electron chi connectivity index (χ1n) is 9.00. The van der Waals surface area contributed by atoms with E-state index in [4.69, 9.17) is 26.2 Å². The molecule has 0 unspecified atom stereocenters. The van der Waals surface area contributed by atoms with Crippen molar-refractivity contribution >= 4 is 47.5 Å². The number of hydrogen-bond acceptors (Lipinski definition) is 9. The van der Waals surface area contributed by atoms with Crippen LogP contribution in [0.5, 0.6) is 0 Å². The van der Waals surface area contributed by atoms with E-state index in [1.54, 1.807) is 0 Å². The Morgan fingerprint density at radius 1 is 0.606 bits per heavy atom. The number of carbonyl (C=O) groups is 8. The van der Waals surface area contributed by atoms with Crippen LogP contribution in [0.25, 0.3) is 0 Å². The zero-order valence-corrected chi connectivity index (χ0v) is 16.9. The third-order valence-electron chi connectivity index (χ3n) is 3.62.